The van der Waals surface area contributed by atoms with E-state index in [1.165, 1.54) is 0 Å². The van der Waals surface area contributed by atoms with Crippen LogP contribution in [0, 0.1) is 29.6 Å². The number of rotatable bonds is 10. The Labute approximate surface area is 226 Å². The van der Waals surface area contributed by atoms with Crippen molar-refractivity contribution in [2.45, 2.75) is 116 Å². The first-order valence-electron chi connectivity index (χ1n) is 14.6. The van der Waals surface area contributed by atoms with Crippen LogP contribution in [0.3, 0.4) is 0 Å². The molecule has 1 saturated heterocycles. The van der Waals surface area contributed by atoms with Gasteiger partial charge in [-0.2, -0.15) is 0 Å². The van der Waals surface area contributed by atoms with Gasteiger partial charge in [0.15, 0.2) is 5.78 Å². The van der Waals surface area contributed by atoms with E-state index < -0.39 is 41.4 Å². The molecule has 9 heteroatoms. The van der Waals surface area contributed by atoms with Crippen molar-refractivity contribution in [1.82, 2.24) is 10.2 Å². The number of nitrogens with one attached hydrogen (secondary N) is 1. The number of carbonyl (C=O) groups is 5. The minimum Gasteiger partial charge on any atom is -0.444 e. The van der Waals surface area contributed by atoms with Crippen molar-refractivity contribution in [1.29, 1.82) is 0 Å². The van der Waals surface area contributed by atoms with E-state index in [9.17, 15) is 24.0 Å². The van der Waals surface area contributed by atoms with Crippen molar-refractivity contribution in [3.8, 4) is 0 Å². The number of alkyl carbamates (subject to hydrolysis) is 1. The first-order chi connectivity index (χ1) is 17.9. The second-order valence-electron chi connectivity index (χ2n) is 13.1. The minimum atomic E-state index is -1.000. The molecular formula is C29H45N3O6. The third-order valence-electron chi connectivity index (χ3n) is 8.94. The van der Waals surface area contributed by atoms with E-state index in [2.05, 4.69) is 5.32 Å². The molecule has 4 aliphatic rings. The molecule has 4 rings (SSSR count). The van der Waals surface area contributed by atoms with Gasteiger partial charge in [-0.3, -0.25) is 19.2 Å². The summed E-state index contributed by atoms with van der Waals surface area (Å²) in [6.45, 7) is 5.83. The van der Waals surface area contributed by atoms with Crippen molar-refractivity contribution < 1.29 is 28.7 Å². The molecule has 3 aliphatic carbocycles. The highest BCUT2D eigenvalue weighted by atomic mass is 16.6. The Morgan fingerprint density at radius 3 is 2.24 bits per heavy atom. The number of hydrogen-bond acceptors (Lipinski definition) is 6. The van der Waals surface area contributed by atoms with Crippen molar-refractivity contribution in [2.24, 2.45) is 35.3 Å². The van der Waals surface area contributed by atoms with Crippen LogP contribution in [-0.2, 0) is 23.9 Å². The number of amides is 3. The second kappa shape index (κ2) is 11.7. The molecule has 212 valence electrons. The highest BCUT2D eigenvalue weighted by Gasteiger charge is 2.51. The van der Waals surface area contributed by atoms with Crippen molar-refractivity contribution in [2.75, 3.05) is 6.54 Å². The lowest BCUT2D eigenvalue weighted by molar-refractivity contribution is -0.143. The monoisotopic (exact) mass is 531 g/mol. The van der Waals surface area contributed by atoms with Gasteiger partial charge in [-0.15, -0.1) is 0 Å². The highest BCUT2D eigenvalue weighted by molar-refractivity contribution is 6.36. The van der Waals surface area contributed by atoms with Crippen molar-refractivity contribution in [3.05, 3.63) is 0 Å². The van der Waals surface area contributed by atoms with E-state index in [-0.39, 0.29) is 35.9 Å². The fourth-order valence-electron chi connectivity index (χ4n) is 7.01. The zero-order valence-corrected chi connectivity index (χ0v) is 23.2. The summed E-state index contributed by atoms with van der Waals surface area (Å²) in [6, 6.07) is -1.39. The second-order valence-corrected chi connectivity index (χ2v) is 13.1. The number of ketones is 2. The number of nitrogens with zero attached hydrogens (tertiary/aromatic N) is 1. The van der Waals surface area contributed by atoms with Gasteiger partial charge in [-0.25, -0.2) is 4.79 Å². The van der Waals surface area contributed by atoms with E-state index in [0.29, 0.717) is 18.9 Å². The molecule has 1 unspecified atom stereocenters. The van der Waals surface area contributed by atoms with Crippen LogP contribution in [0.1, 0.15) is 97.8 Å². The van der Waals surface area contributed by atoms with Gasteiger partial charge in [0.05, 0.1) is 6.04 Å². The predicted octanol–water partition coefficient (Wildman–Crippen LogP) is 3.52. The summed E-state index contributed by atoms with van der Waals surface area (Å²) in [7, 11) is 0. The van der Waals surface area contributed by atoms with Gasteiger partial charge in [0.25, 0.3) is 5.91 Å². The highest BCUT2D eigenvalue weighted by Crippen LogP contribution is 2.44. The molecule has 0 radical (unpaired) electrons. The molecule has 0 aromatic heterocycles. The van der Waals surface area contributed by atoms with E-state index in [0.717, 1.165) is 64.2 Å². The van der Waals surface area contributed by atoms with Crippen LogP contribution in [0.25, 0.3) is 0 Å². The molecule has 1 heterocycles. The van der Waals surface area contributed by atoms with Crippen LogP contribution in [0.4, 0.5) is 4.79 Å². The zero-order chi connectivity index (χ0) is 27.6. The first-order valence-corrected chi connectivity index (χ1v) is 14.6. The number of primary amides is 1. The summed E-state index contributed by atoms with van der Waals surface area (Å²) in [4.78, 5) is 66.8. The quantitative estimate of drug-likeness (QED) is 0.414. The number of carbonyl (C=O) groups excluding carboxylic acids is 5. The lowest BCUT2D eigenvalue weighted by atomic mass is 9.82. The van der Waals surface area contributed by atoms with Gasteiger partial charge in [0.1, 0.15) is 11.6 Å². The number of Topliss-reactive ketones (excluding diaryl/α,β-unsaturated/α-hetero) is 2. The van der Waals surface area contributed by atoms with E-state index in [1.807, 2.05) is 0 Å². The maximum atomic E-state index is 14.2. The van der Waals surface area contributed by atoms with E-state index >= 15 is 0 Å². The molecule has 1 aliphatic heterocycles. The summed E-state index contributed by atoms with van der Waals surface area (Å²) >= 11 is 0. The number of likely N-dealkylation sites (tertiary alicyclic amines) is 1. The fourth-order valence-corrected chi connectivity index (χ4v) is 7.01. The Morgan fingerprint density at radius 2 is 1.63 bits per heavy atom. The summed E-state index contributed by atoms with van der Waals surface area (Å²) < 4.78 is 5.50. The van der Waals surface area contributed by atoms with Gasteiger partial charge in [-0.05, 0) is 76.5 Å². The Bertz CT molecular complexity index is 933. The van der Waals surface area contributed by atoms with Crippen LogP contribution in [0.2, 0.25) is 0 Å². The Kier molecular flexibility index (Phi) is 8.82. The maximum absolute atomic E-state index is 14.2. The Morgan fingerprint density at radius 1 is 0.947 bits per heavy atom. The Hall–Kier alpha value is -2.45. The molecule has 38 heavy (non-hydrogen) atoms. The smallest absolute Gasteiger partial charge is 0.408 e. The summed E-state index contributed by atoms with van der Waals surface area (Å²) in [6.07, 6.45) is 9.38. The summed E-state index contributed by atoms with van der Waals surface area (Å²) in [5, 5.41) is 2.87. The van der Waals surface area contributed by atoms with Gasteiger partial charge in [0, 0.05) is 18.9 Å². The van der Waals surface area contributed by atoms with Gasteiger partial charge >= 0.3 is 6.09 Å². The molecular weight excluding hydrogens is 486 g/mol. The summed E-state index contributed by atoms with van der Waals surface area (Å²) in [5.74, 6) is -2.18. The maximum Gasteiger partial charge on any atom is 0.408 e. The number of fused-ring (bicyclic) bond motifs is 1. The average Bonchev–Trinajstić information content (AvgIpc) is 3.42. The number of nitrogens with two attached hydrogens (primary N) is 1. The molecule has 4 fully saturated rings. The van der Waals surface area contributed by atoms with Crippen molar-refractivity contribution in [3.63, 3.8) is 0 Å². The first kappa shape index (κ1) is 28.6. The number of ether oxygens (including phenoxy) is 1. The van der Waals surface area contributed by atoms with Crippen LogP contribution in [0.5, 0.6) is 0 Å². The molecule has 3 saturated carbocycles. The molecule has 0 bridgehead atoms. The third kappa shape index (κ3) is 6.94. The Balaban J connectivity index is 1.55. The third-order valence-corrected chi connectivity index (χ3v) is 8.94. The normalized spacial score (nSPS) is 27.3. The van der Waals surface area contributed by atoms with Crippen LogP contribution < -0.4 is 11.1 Å². The molecule has 0 spiro atoms. The lowest BCUT2D eigenvalue weighted by Crippen LogP contribution is -2.56. The van der Waals surface area contributed by atoms with E-state index in [4.69, 9.17) is 10.5 Å². The fraction of sp³-hybridized carbons (Fsp3) is 0.828. The molecule has 0 aromatic carbocycles. The molecule has 5 atom stereocenters. The average molecular weight is 532 g/mol. The van der Waals surface area contributed by atoms with Gasteiger partial charge in [-0.1, -0.05) is 38.5 Å². The standard InChI is InChI=1S/C29H45N3O6/c1-29(2,3)38-28(37)31-23(18-8-5-4-6-9-18)27(36)32-16-19-10-7-11-21(19)24(32)22(33)15-20(14-17-12-13-17)25(34)26(30)35/h17-21,23-24H,4-16H2,1-3H3,(H2,30,35)(H,31,37)/t19-,20?,21-,23-,24-/m0/s1. The zero-order valence-electron chi connectivity index (χ0n) is 23.2. The lowest BCUT2D eigenvalue weighted by Gasteiger charge is -2.36. The van der Waals surface area contributed by atoms with E-state index in [1.54, 1.807) is 25.7 Å². The molecule has 0 aromatic rings. The SMILES string of the molecule is CC(C)(C)OC(=O)N[C@H](C(=O)N1C[C@@H]2CCC[C@@H]2[C@H]1C(=O)CC(CC1CC1)C(=O)C(N)=O)C1CCCCC1. The predicted molar refractivity (Wildman–Crippen MR) is 141 cm³/mol. The molecule has 9 nitrogen and oxygen atoms in total. The van der Waals surface area contributed by atoms with Crippen molar-refractivity contribution >= 4 is 29.5 Å². The topological polar surface area (TPSA) is 136 Å². The van der Waals surface area contributed by atoms with Crippen LogP contribution in [0.15, 0.2) is 0 Å². The largest absolute Gasteiger partial charge is 0.444 e. The van der Waals surface area contributed by atoms with Gasteiger partial charge < -0.3 is 20.7 Å². The molecule has 3 amide bonds. The van der Waals surface area contributed by atoms with Gasteiger partial charge in [0.2, 0.25) is 11.7 Å². The molecule has 3 N–H and O–H groups in total. The number of hydrogen-bond donors (Lipinski definition) is 2. The van der Waals surface area contributed by atoms with Crippen LogP contribution >= 0.6 is 0 Å². The van der Waals surface area contributed by atoms with Crippen LogP contribution in [-0.4, -0.2) is 58.6 Å². The summed E-state index contributed by atoms with van der Waals surface area (Å²) in [5.41, 5.74) is 4.62. The minimum absolute atomic E-state index is 0.0148.